The van der Waals surface area contributed by atoms with Crippen molar-refractivity contribution in [1.82, 2.24) is 4.31 Å². The molecular weight excluding hydrogens is 326 g/mol. The minimum Gasteiger partial charge on any atom is -0.379 e. The molecule has 3 rings (SSSR count). The molecule has 2 heterocycles. The number of carbonyl (C=O) groups excluding carboxylic acids is 1. The van der Waals surface area contributed by atoms with Crippen molar-refractivity contribution in [3.63, 3.8) is 0 Å². The van der Waals surface area contributed by atoms with Crippen molar-refractivity contribution in [2.24, 2.45) is 5.73 Å². The first-order valence-corrected chi connectivity index (χ1v) is 8.90. The first kappa shape index (κ1) is 15.2. The maximum Gasteiger partial charge on any atom is 0.301 e. The van der Waals surface area contributed by atoms with Gasteiger partial charge in [0.1, 0.15) is 0 Å². The number of primary amides is 1. The zero-order valence-corrected chi connectivity index (χ0v) is 13.2. The minimum absolute atomic E-state index is 0.335. The molecule has 0 spiro atoms. The molecule has 1 amide bonds. The molecule has 1 aliphatic heterocycles. The predicted molar refractivity (Wildman–Crippen MR) is 85.3 cm³/mol. The molecule has 2 aromatic rings. The molecule has 1 aromatic heterocycles. The lowest BCUT2D eigenvalue weighted by Crippen LogP contribution is -2.43. The van der Waals surface area contributed by atoms with Crippen LogP contribution in [0.4, 0.5) is 5.69 Å². The number of nitrogens with zero attached hydrogens (tertiary/aromatic N) is 1. The Morgan fingerprint density at radius 1 is 1.27 bits per heavy atom. The lowest BCUT2D eigenvalue weighted by Gasteiger charge is -2.26. The number of anilines is 1. The molecule has 9 heteroatoms. The summed E-state index contributed by atoms with van der Waals surface area (Å²) in [6.45, 7) is 1.46. The van der Waals surface area contributed by atoms with E-state index < -0.39 is 16.1 Å². The van der Waals surface area contributed by atoms with E-state index in [1.54, 1.807) is 24.3 Å². The molecule has 0 aliphatic carbocycles. The maximum absolute atomic E-state index is 12.3. The highest BCUT2D eigenvalue weighted by atomic mass is 32.2. The standard InChI is InChI=1S/C13H15N3O4S2/c14-13(17)12-8-9-7-10(1-2-11(9)21-12)15-22(18,19)16-3-5-20-6-4-16/h1-2,7-8,15H,3-6H2,(H2,14,17). The van der Waals surface area contributed by atoms with Gasteiger partial charge in [0, 0.05) is 17.8 Å². The van der Waals surface area contributed by atoms with Crippen molar-refractivity contribution in [3.8, 4) is 0 Å². The van der Waals surface area contributed by atoms with Gasteiger partial charge >= 0.3 is 10.2 Å². The van der Waals surface area contributed by atoms with Gasteiger partial charge in [-0.2, -0.15) is 12.7 Å². The smallest absolute Gasteiger partial charge is 0.301 e. The number of carbonyl (C=O) groups is 1. The Kier molecular flexibility index (Phi) is 4.04. The van der Waals surface area contributed by atoms with E-state index in [0.717, 1.165) is 10.1 Å². The summed E-state index contributed by atoms with van der Waals surface area (Å²) < 4.78 is 34.5. The van der Waals surface area contributed by atoms with Crippen LogP contribution in [0.1, 0.15) is 9.67 Å². The van der Waals surface area contributed by atoms with Gasteiger partial charge in [-0.25, -0.2) is 0 Å². The number of morpholine rings is 1. The molecule has 1 aromatic carbocycles. The van der Waals surface area contributed by atoms with Gasteiger partial charge < -0.3 is 10.5 Å². The number of nitrogens with two attached hydrogens (primary N) is 1. The SMILES string of the molecule is NC(=O)c1cc2cc(NS(=O)(=O)N3CCOCC3)ccc2s1. The summed E-state index contributed by atoms with van der Waals surface area (Å²) in [6, 6.07) is 6.79. The van der Waals surface area contributed by atoms with E-state index in [1.165, 1.54) is 15.6 Å². The largest absolute Gasteiger partial charge is 0.379 e. The zero-order valence-electron chi connectivity index (χ0n) is 11.6. The molecule has 1 fully saturated rings. The van der Waals surface area contributed by atoms with Crippen LogP contribution in [0.2, 0.25) is 0 Å². The fourth-order valence-electron chi connectivity index (χ4n) is 2.23. The van der Waals surface area contributed by atoms with Crippen LogP contribution in [0.3, 0.4) is 0 Å². The van der Waals surface area contributed by atoms with Crippen LogP contribution in [-0.4, -0.2) is 44.9 Å². The molecule has 1 saturated heterocycles. The Hall–Kier alpha value is -1.68. The van der Waals surface area contributed by atoms with Crippen molar-refractivity contribution in [2.75, 3.05) is 31.0 Å². The fraction of sp³-hybridized carbons (Fsp3) is 0.308. The number of ether oxygens (including phenoxy) is 1. The van der Waals surface area contributed by atoms with Crippen molar-refractivity contribution >= 4 is 43.2 Å². The predicted octanol–water partition coefficient (Wildman–Crippen LogP) is 0.989. The lowest BCUT2D eigenvalue weighted by molar-refractivity contribution is 0.0733. The van der Waals surface area contributed by atoms with E-state index in [2.05, 4.69) is 4.72 Å². The van der Waals surface area contributed by atoms with Gasteiger partial charge in [0.05, 0.1) is 23.8 Å². The molecule has 3 N–H and O–H groups in total. The van der Waals surface area contributed by atoms with E-state index in [1.807, 2.05) is 0 Å². The highest BCUT2D eigenvalue weighted by Gasteiger charge is 2.24. The third-order valence-corrected chi connectivity index (χ3v) is 5.99. The van der Waals surface area contributed by atoms with Gasteiger partial charge in [0.15, 0.2) is 0 Å². The molecule has 0 atom stereocenters. The molecule has 1 aliphatic rings. The van der Waals surface area contributed by atoms with Gasteiger partial charge in [-0.3, -0.25) is 9.52 Å². The zero-order chi connectivity index (χ0) is 15.7. The van der Waals surface area contributed by atoms with E-state index >= 15 is 0 Å². The second-order valence-electron chi connectivity index (χ2n) is 4.85. The average molecular weight is 341 g/mol. The summed E-state index contributed by atoms with van der Waals surface area (Å²) in [5.41, 5.74) is 5.71. The summed E-state index contributed by atoms with van der Waals surface area (Å²) in [5, 5.41) is 0.779. The highest BCUT2D eigenvalue weighted by Crippen LogP contribution is 2.28. The molecule has 0 unspecified atom stereocenters. The van der Waals surface area contributed by atoms with E-state index in [0.29, 0.717) is 36.9 Å². The van der Waals surface area contributed by atoms with Crippen LogP contribution >= 0.6 is 11.3 Å². The summed E-state index contributed by atoms with van der Waals surface area (Å²) in [6.07, 6.45) is 0. The summed E-state index contributed by atoms with van der Waals surface area (Å²) in [4.78, 5) is 11.6. The number of nitrogens with one attached hydrogen (secondary N) is 1. The van der Waals surface area contributed by atoms with Crippen molar-refractivity contribution in [1.29, 1.82) is 0 Å². The van der Waals surface area contributed by atoms with E-state index in [-0.39, 0.29) is 0 Å². The first-order valence-electron chi connectivity index (χ1n) is 6.65. The van der Waals surface area contributed by atoms with Gasteiger partial charge in [-0.05, 0) is 29.7 Å². The Balaban J connectivity index is 1.85. The molecule has 0 saturated carbocycles. The first-order chi connectivity index (χ1) is 10.5. The Bertz CT molecular complexity index is 810. The monoisotopic (exact) mass is 341 g/mol. The normalized spacial score (nSPS) is 16.7. The van der Waals surface area contributed by atoms with Gasteiger partial charge in [-0.1, -0.05) is 0 Å². The second kappa shape index (κ2) is 5.84. The third kappa shape index (κ3) is 3.07. The fourth-order valence-corrected chi connectivity index (χ4v) is 4.31. The quantitative estimate of drug-likeness (QED) is 0.866. The number of hydrogen-bond acceptors (Lipinski definition) is 5. The Morgan fingerprint density at radius 3 is 2.68 bits per heavy atom. The van der Waals surface area contributed by atoms with Crippen LogP contribution in [0.5, 0.6) is 0 Å². The summed E-state index contributed by atoms with van der Waals surface area (Å²) in [5.74, 6) is -0.489. The summed E-state index contributed by atoms with van der Waals surface area (Å²) in [7, 11) is -3.60. The maximum atomic E-state index is 12.3. The molecular formula is C13H15N3O4S2. The van der Waals surface area contributed by atoms with E-state index in [9.17, 15) is 13.2 Å². The van der Waals surface area contributed by atoms with Crippen molar-refractivity contribution in [2.45, 2.75) is 0 Å². The number of amides is 1. The van der Waals surface area contributed by atoms with Crippen LogP contribution in [0, 0.1) is 0 Å². The molecule has 0 bridgehead atoms. The van der Waals surface area contributed by atoms with Gasteiger partial charge in [0.25, 0.3) is 5.91 Å². The third-order valence-electron chi connectivity index (χ3n) is 3.32. The highest BCUT2D eigenvalue weighted by molar-refractivity contribution is 7.90. The minimum atomic E-state index is -3.60. The number of fused-ring (bicyclic) bond motifs is 1. The molecule has 118 valence electrons. The van der Waals surface area contributed by atoms with E-state index in [4.69, 9.17) is 10.5 Å². The van der Waals surface area contributed by atoms with Crippen LogP contribution in [-0.2, 0) is 14.9 Å². The Morgan fingerprint density at radius 2 is 2.00 bits per heavy atom. The topological polar surface area (TPSA) is 102 Å². The molecule has 22 heavy (non-hydrogen) atoms. The number of benzene rings is 1. The van der Waals surface area contributed by atoms with Crippen molar-refractivity contribution < 1.29 is 17.9 Å². The Labute approximate surface area is 131 Å². The number of thiophene rings is 1. The van der Waals surface area contributed by atoms with Crippen LogP contribution in [0.25, 0.3) is 10.1 Å². The van der Waals surface area contributed by atoms with Gasteiger partial charge in [-0.15, -0.1) is 11.3 Å². The van der Waals surface area contributed by atoms with Crippen molar-refractivity contribution in [3.05, 3.63) is 29.1 Å². The second-order valence-corrected chi connectivity index (χ2v) is 7.60. The number of rotatable bonds is 4. The lowest BCUT2D eigenvalue weighted by atomic mass is 10.2. The summed E-state index contributed by atoms with van der Waals surface area (Å²) >= 11 is 1.28. The van der Waals surface area contributed by atoms with Gasteiger partial charge in [0.2, 0.25) is 0 Å². The molecule has 7 nitrogen and oxygen atoms in total. The molecule has 0 radical (unpaired) electrons. The van der Waals surface area contributed by atoms with Crippen LogP contribution < -0.4 is 10.5 Å². The average Bonchev–Trinajstić information content (AvgIpc) is 2.91. The van der Waals surface area contributed by atoms with Crippen LogP contribution in [0.15, 0.2) is 24.3 Å². The number of hydrogen-bond donors (Lipinski definition) is 2.